The molecule has 0 spiro atoms. The van der Waals surface area contributed by atoms with Crippen molar-refractivity contribution >= 4 is 33.0 Å². The van der Waals surface area contributed by atoms with Crippen molar-refractivity contribution in [1.29, 1.82) is 0 Å². The van der Waals surface area contributed by atoms with Crippen LogP contribution >= 0.6 is 15.9 Å². The molecule has 3 aromatic rings. The molecule has 0 saturated carbocycles. The highest BCUT2D eigenvalue weighted by atomic mass is 79.9. The van der Waals surface area contributed by atoms with E-state index in [1.165, 1.54) is 29.6 Å². The summed E-state index contributed by atoms with van der Waals surface area (Å²) in [6.07, 6.45) is 1.40. The van der Waals surface area contributed by atoms with Crippen LogP contribution in [0.5, 0.6) is 0 Å². The molecule has 1 amide bonds. The molecular formula is C17H18BrN5O3. The van der Waals surface area contributed by atoms with Crippen LogP contribution in [0, 0.1) is 0 Å². The van der Waals surface area contributed by atoms with E-state index in [2.05, 4.69) is 26.2 Å². The predicted octanol–water partition coefficient (Wildman–Crippen LogP) is 1.07. The third-order valence-electron chi connectivity index (χ3n) is 4.28. The summed E-state index contributed by atoms with van der Waals surface area (Å²) in [5.74, 6) is -0.254. The van der Waals surface area contributed by atoms with E-state index in [1.807, 2.05) is 31.2 Å². The Hall–Kier alpha value is -2.68. The fourth-order valence-electron chi connectivity index (χ4n) is 2.79. The van der Waals surface area contributed by atoms with E-state index >= 15 is 0 Å². The van der Waals surface area contributed by atoms with Gasteiger partial charge in [-0.1, -0.05) is 28.1 Å². The van der Waals surface area contributed by atoms with Gasteiger partial charge in [-0.2, -0.15) is 0 Å². The largest absolute Gasteiger partial charge is 0.348 e. The number of carbonyl (C=O) groups excluding carboxylic acids is 1. The zero-order chi connectivity index (χ0) is 19.0. The predicted molar refractivity (Wildman–Crippen MR) is 101 cm³/mol. The number of aryl methyl sites for hydroxylation is 1. The minimum atomic E-state index is -0.477. The molecule has 9 heteroatoms. The quantitative estimate of drug-likeness (QED) is 0.684. The number of amides is 1. The van der Waals surface area contributed by atoms with Crippen molar-refractivity contribution in [2.75, 3.05) is 0 Å². The molecule has 1 atom stereocenters. The molecule has 0 saturated heterocycles. The number of fused-ring (bicyclic) bond motifs is 1. The van der Waals surface area contributed by atoms with E-state index < -0.39 is 11.2 Å². The number of hydrogen-bond acceptors (Lipinski definition) is 4. The highest BCUT2D eigenvalue weighted by molar-refractivity contribution is 9.10. The van der Waals surface area contributed by atoms with Gasteiger partial charge in [0, 0.05) is 18.6 Å². The van der Waals surface area contributed by atoms with E-state index in [-0.39, 0.29) is 29.7 Å². The number of nitrogens with zero attached hydrogens (tertiary/aromatic N) is 4. The maximum Gasteiger partial charge on any atom is 0.332 e. The van der Waals surface area contributed by atoms with Crippen LogP contribution in [-0.2, 0) is 25.4 Å². The van der Waals surface area contributed by atoms with Crippen LogP contribution in [0.2, 0.25) is 0 Å². The highest BCUT2D eigenvalue weighted by Gasteiger charge is 2.17. The maximum atomic E-state index is 12.4. The Bertz CT molecular complexity index is 1090. The summed E-state index contributed by atoms with van der Waals surface area (Å²) in [6, 6.07) is 7.48. The van der Waals surface area contributed by atoms with Crippen molar-refractivity contribution < 1.29 is 4.79 Å². The lowest BCUT2D eigenvalue weighted by atomic mass is 10.1. The van der Waals surface area contributed by atoms with Crippen LogP contribution in [0.1, 0.15) is 18.5 Å². The first kappa shape index (κ1) is 18.1. The molecule has 0 unspecified atom stereocenters. The second-order valence-electron chi connectivity index (χ2n) is 6.09. The number of rotatable bonds is 4. The smallest absolute Gasteiger partial charge is 0.332 e. The normalized spacial score (nSPS) is 12.3. The van der Waals surface area contributed by atoms with E-state index in [0.717, 1.165) is 14.6 Å². The molecule has 2 heterocycles. The van der Waals surface area contributed by atoms with Gasteiger partial charge in [0.15, 0.2) is 11.2 Å². The Morgan fingerprint density at radius 1 is 1.19 bits per heavy atom. The zero-order valence-electron chi connectivity index (χ0n) is 14.6. The number of hydrogen-bond donors (Lipinski definition) is 1. The minimum absolute atomic E-state index is 0.0647. The average molecular weight is 420 g/mol. The fraction of sp³-hybridized carbons (Fsp3) is 0.294. The number of benzene rings is 1. The molecule has 0 aliphatic rings. The molecule has 0 aliphatic heterocycles. The molecule has 1 aromatic carbocycles. The molecule has 0 fully saturated rings. The van der Waals surface area contributed by atoms with Gasteiger partial charge in [-0.05, 0) is 24.6 Å². The van der Waals surface area contributed by atoms with Gasteiger partial charge in [-0.15, -0.1) is 0 Å². The van der Waals surface area contributed by atoms with Crippen molar-refractivity contribution in [3.05, 3.63) is 61.5 Å². The van der Waals surface area contributed by atoms with Gasteiger partial charge in [0.2, 0.25) is 5.91 Å². The number of carbonyl (C=O) groups is 1. The molecule has 136 valence electrons. The Morgan fingerprint density at radius 2 is 1.85 bits per heavy atom. The molecule has 8 nitrogen and oxygen atoms in total. The van der Waals surface area contributed by atoms with Gasteiger partial charge in [0.25, 0.3) is 5.56 Å². The fourth-order valence-corrected chi connectivity index (χ4v) is 3.06. The number of nitrogens with one attached hydrogen (secondary N) is 1. The third-order valence-corrected chi connectivity index (χ3v) is 4.81. The first-order valence-electron chi connectivity index (χ1n) is 7.95. The monoisotopic (exact) mass is 419 g/mol. The van der Waals surface area contributed by atoms with Crippen molar-refractivity contribution in [2.24, 2.45) is 14.1 Å². The summed E-state index contributed by atoms with van der Waals surface area (Å²) in [5.41, 5.74) is 0.513. The zero-order valence-corrected chi connectivity index (χ0v) is 16.1. The number of halogens is 1. The molecule has 26 heavy (non-hydrogen) atoms. The molecule has 2 aromatic heterocycles. The number of aromatic nitrogens is 4. The van der Waals surface area contributed by atoms with Crippen molar-refractivity contribution in [3.63, 3.8) is 0 Å². The Morgan fingerprint density at radius 3 is 2.50 bits per heavy atom. The van der Waals surface area contributed by atoms with Crippen LogP contribution in [0.4, 0.5) is 0 Å². The van der Waals surface area contributed by atoms with Crippen molar-refractivity contribution in [1.82, 2.24) is 24.0 Å². The second-order valence-corrected chi connectivity index (χ2v) is 7.01. The van der Waals surface area contributed by atoms with Gasteiger partial charge in [-0.25, -0.2) is 9.78 Å². The van der Waals surface area contributed by atoms with Gasteiger partial charge in [-0.3, -0.25) is 18.7 Å². The lowest BCUT2D eigenvalue weighted by Gasteiger charge is -2.15. The summed E-state index contributed by atoms with van der Waals surface area (Å²) in [4.78, 5) is 40.9. The second kappa shape index (κ2) is 6.91. The summed E-state index contributed by atoms with van der Waals surface area (Å²) in [5, 5.41) is 2.90. The van der Waals surface area contributed by atoms with E-state index in [1.54, 1.807) is 0 Å². The summed E-state index contributed by atoms with van der Waals surface area (Å²) >= 11 is 3.38. The minimum Gasteiger partial charge on any atom is -0.348 e. The van der Waals surface area contributed by atoms with Gasteiger partial charge in [0.05, 0.1) is 12.4 Å². The molecule has 0 radical (unpaired) electrons. The SMILES string of the molecule is C[C@H](NC(=O)Cn1cnc2c1c(=O)n(C)c(=O)n2C)c1ccc(Br)cc1. The van der Waals surface area contributed by atoms with Crippen LogP contribution in [-0.4, -0.2) is 24.6 Å². The Kier molecular flexibility index (Phi) is 4.82. The van der Waals surface area contributed by atoms with Crippen molar-refractivity contribution in [2.45, 2.75) is 19.5 Å². The van der Waals surface area contributed by atoms with Gasteiger partial charge >= 0.3 is 5.69 Å². The van der Waals surface area contributed by atoms with E-state index in [9.17, 15) is 14.4 Å². The van der Waals surface area contributed by atoms with Crippen molar-refractivity contribution in [3.8, 4) is 0 Å². The standard InChI is InChI=1S/C17H18BrN5O3/c1-10(11-4-6-12(18)7-5-11)20-13(24)8-23-9-19-15-14(23)16(25)22(3)17(26)21(15)2/h4-7,9-10H,8H2,1-3H3,(H,20,24)/t10-/m0/s1. The summed E-state index contributed by atoms with van der Waals surface area (Å²) in [6.45, 7) is 1.82. The van der Waals surface area contributed by atoms with Crippen LogP contribution in [0.25, 0.3) is 11.2 Å². The topological polar surface area (TPSA) is 90.9 Å². The van der Waals surface area contributed by atoms with Gasteiger partial charge in [0.1, 0.15) is 6.54 Å². The van der Waals surface area contributed by atoms with Gasteiger partial charge < -0.3 is 9.88 Å². The number of imidazole rings is 1. The van der Waals surface area contributed by atoms with E-state index in [4.69, 9.17) is 0 Å². The average Bonchev–Trinajstić information content (AvgIpc) is 3.02. The van der Waals surface area contributed by atoms with Crippen LogP contribution in [0.15, 0.2) is 44.7 Å². The lowest BCUT2D eigenvalue weighted by molar-refractivity contribution is -0.122. The first-order valence-corrected chi connectivity index (χ1v) is 8.74. The van der Waals surface area contributed by atoms with E-state index in [0.29, 0.717) is 0 Å². The van der Waals surface area contributed by atoms with Crippen LogP contribution in [0.3, 0.4) is 0 Å². The lowest BCUT2D eigenvalue weighted by Crippen LogP contribution is -2.38. The third kappa shape index (κ3) is 3.22. The summed E-state index contributed by atoms with van der Waals surface area (Å²) < 4.78 is 4.71. The molecule has 0 aliphatic carbocycles. The molecule has 0 bridgehead atoms. The molecular weight excluding hydrogens is 402 g/mol. The molecule has 3 rings (SSSR count). The molecule has 1 N–H and O–H groups in total. The Balaban J connectivity index is 1.85. The Labute approximate surface area is 157 Å². The highest BCUT2D eigenvalue weighted by Crippen LogP contribution is 2.16. The van der Waals surface area contributed by atoms with Crippen LogP contribution < -0.4 is 16.6 Å². The summed E-state index contributed by atoms with van der Waals surface area (Å²) in [7, 11) is 2.94. The maximum absolute atomic E-state index is 12.4. The first-order chi connectivity index (χ1) is 12.3.